The molecule has 0 amide bonds. The number of benzene rings is 2. The molecule has 42 heavy (non-hydrogen) atoms. The molecule has 0 bridgehead atoms. The topological polar surface area (TPSA) is 161 Å². The van der Waals surface area contributed by atoms with Crippen LogP contribution in [0.15, 0.2) is 42.5 Å². The highest BCUT2D eigenvalue weighted by Crippen LogP contribution is 2.42. The number of aliphatic hydroxyl groups is 1. The molecular weight excluding hydrogens is 576 g/mol. The first-order chi connectivity index (χ1) is 19.7. The van der Waals surface area contributed by atoms with Gasteiger partial charge in [-0.1, -0.05) is 29.8 Å². The van der Waals surface area contributed by atoms with Crippen molar-refractivity contribution in [1.82, 2.24) is 0 Å². The lowest BCUT2D eigenvalue weighted by molar-refractivity contribution is -0.360. The van der Waals surface area contributed by atoms with Crippen LogP contribution in [-0.4, -0.2) is 66.0 Å². The van der Waals surface area contributed by atoms with E-state index in [1.54, 1.807) is 24.3 Å². The number of carbonyl (C=O) groups excluding carboxylic acids is 5. The molecule has 13 heteroatoms. The molecule has 1 fully saturated rings. The fraction of sp³-hybridized carbons (Fsp3) is 0.414. The summed E-state index contributed by atoms with van der Waals surface area (Å²) in [4.78, 5) is 59.1. The molecule has 0 spiro atoms. The number of esters is 5. The third kappa shape index (κ3) is 8.28. The van der Waals surface area contributed by atoms with Gasteiger partial charge in [0.25, 0.3) is 0 Å². The van der Waals surface area contributed by atoms with E-state index < -0.39 is 66.7 Å². The molecule has 1 saturated heterocycles. The Labute approximate surface area is 246 Å². The van der Waals surface area contributed by atoms with Gasteiger partial charge < -0.3 is 33.5 Å². The predicted octanol–water partition coefficient (Wildman–Crippen LogP) is 2.76. The van der Waals surface area contributed by atoms with Crippen molar-refractivity contribution in [2.24, 2.45) is 0 Å². The summed E-state index contributed by atoms with van der Waals surface area (Å²) in [5, 5.41) is 12.4. The number of rotatable bonds is 9. The molecule has 226 valence electrons. The van der Waals surface area contributed by atoms with Crippen molar-refractivity contribution in [2.45, 2.75) is 71.2 Å². The van der Waals surface area contributed by atoms with E-state index in [0.717, 1.165) is 33.3 Å². The molecule has 0 saturated carbocycles. The van der Waals surface area contributed by atoms with Crippen LogP contribution >= 0.6 is 11.6 Å². The summed E-state index contributed by atoms with van der Waals surface area (Å²) in [5.41, 5.74) is 1.35. The highest BCUT2D eigenvalue weighted by molar-refractivity contribution is 6.31. The van der Waals surface area contributed by atoms with Gasteiger partial charge in [-0.25, -0.2) is 0 Å². The largest absolute Gasteiger partial charge is 0.463 e. The van der Waals surface area contributed by atoms with Crippen LogP contribution in [0.4, 0.5) is 0 Å². The van der Waals surface area contributed by atoms with Crippen LogP contribution in [0.3, 0.4) is 0 Å². The van der Waals surface area contributed by atoms with Gasteiger partial charge >= 0.3 is 29.8 Å². The van der Waals surface area contributed by atoms with Gasteiger partial charge in [-0.15, -0.1) is 0 Å². The summed E-state index contributed by atoms with van der Waals surface area (Å²) in [6.07, 6.45) is -5.82. The van der Waals surface area contributed by atoms with Gasteiger partial charge in [0.2, 0.25) is 11.9 Å². The van der Waals surface area contributed by atoms with E-state index in [1.165, 1.54) is 25.1 Å². The Hall–Kier alpha value is -4.00. The lowest BCUT2D eigenvalue weighted by Crippen LogP contribution is -2.66. The van der Waals surface area contributed by atoms with Gasteiger partial charge in [-0.05, 0) is 41.8 Å². The van der Waals surface area contributed by atoms with Crippen LogP contribution in [-0.2, 0) is 59.9 Å². The molecule has 1 aliphatic heterocycles. The quantitative estimate of drug-likeness (QED) is 0.253. The second-order valence-corrected chi connectivity index (χ2v) is 9.96. The molecule has 2 aromatic rings. The van der Waals surface area contributed by atoms with Gasteiger partial charge in [0, 0.05) is 45.2 Å². The minimum absolute atomic E-state index is 0.0518. The Morgan fingerprint density at radius 1 is 0.810 bits per heavy atom. The van der Waals surface area contributed by atoms with Gasteiger partial charge in [0.1, 0.15) is 18.5 Å². The number of carbonyl (C=O) groups is 5. The molecule has 0 aromatic heterocycles. The van der Waals surface area contributed by atoms with E-state index in [4.69, 9.17) is 40.0 Å². The van der Waals surface area contributed by atoms with Crippen LogP contribution in [0.2, 0.25) is 5.02 Å². The number of ether oxygens (including phenoxy) is 6. The summed E-state index contributed by atoms with van der Waals surface area (Å²) >= 11 is 6.48. The third-order valence-electron chi connectivity index (χ3n) is 6.09. The van der Waals surface area contributed by atoms with Crippen molar-refractivity contribution < 1.29 is 57.5 Å². The van der Waals surface area contributed by atoms with Gasteiger partial charge in [-0.2, -0.15) is 0 Å². The first kappa shape index (κ1) is 32.5. The Morgan fingerprint density at radius 2 is 1.40 bits per heavy atom. The minimum atomic E-state index is -2.49. The summed E-state index contributed by atoms with van der Waals surface area (Å²) in [5.74, 6) is -5.78. The summed E-state index contributed by atoms with van der Waals surface area (Å²) in [6.45, 7) is 5.18. The zero-order valence-electron chi connectivity index (χ0n) is 23.6. The molecule has 2 aromatic carbocycles. The van der Waals surface area contributed by atoms with Crippen LogP contribution in [0.1, 0.15) is 51.3 Å². The Kier molecular flexibility index (Phi) is 10.7. The number of hydrogen-bond acceptors (Lipinski definition) is 12. The van der Waals surface area contributed by atoms with Crippen molar-refractivity contribution in [2.75, 3.05) is 6.61 Å². The van der Waals surface area contributed by atoms with Gasteiger partial charge in [0.05, 0.1) is 0 Å². The van der Waals surface area contributed by atoms with Crippen LogP contribution < -0.4 is 4.74 Å². The van der Waals surface area contributed by atoms with Gasteiger partial charge in [-0.3, -0.25) is 24.0 Å². The lowest BCUT2D eigenvalue weighted by Gasteiger charge is -2.48. The van der Waals surface area contributed by atoms with Crippen molar-refractivity contribution in [3.63, 3.8) is 0 Å². The fourth-order valence-corrected chi connectivity index (χ4v) is 4.69. The molecule has 0 radical (unpaired) electrons. The van der Waals surface area contributed by atoms with E-state index in [-0.39, 0.29) is 12.0 Å². The molecule has 1 heterocycles. The monoisotopic (exact) mass is 606 g/mol. The molecule has 0 aliphatic carbocycles. The van der Waals surface area contributed by atoms with E-state index in [0.29, 0.717) is 16.3 Å². The van der Waals surface area contributed by atoms with Crippen LogP contribution in [0, 0.1) is 0 Å². The van der Waals surface area contributed by atoms with Crippen molar-refractivity contribution in [1.29, 1.82) is 0 Å². The molecule has 1 aliphatic rings. The maximum absolute atomic E-state index is 12.2. The van der Waals surface area contributed by atoms with Crippen LogP contribution in [0.5, 0.6) is 5.75 Å². The highest BCUT2D eigenvalue weighted by atomic mass is 35.5. The van der Waals surface area contributed by atoms with E-state index in [2.05, 4.69) is 0 Å². The molecule has 5 atom stereocenters. The van der Waals surface area contributed by atoms with Crippen LogP contribution in [0.25, 0.3) is 0 Å². The molecular formula is C29H31ClO12. The average Bonchev–Trinajstić information content (AvgIpc) is 2.88. The average molecular weight is 607 g/mol. The standard InChI is InChI=1S/C29H31ClO12/c1-15(31)37-14-25-26(39-17(3)33)27(40-18(4)34)28(41-19(5)35)29(36,42-25)22-8-11-24(30)21(13-22)12-20-6-9-23(10-7-20)38-16(2)32/h6-11,13,25-28,36H,12,14H2,1-5H3/t25-,26-,27+,28-,29+/m1/s1. The first-order valence-electron chi connectivity index (χ1n) is 12.8. The zero-order valence-corrected chi connectivity index (χ0v) is 24.3. The Balaban J connectivity index is 2.09. The van der Waals surface area contributed by atoms with Crippen molar-refractivity contribution in [3.8, 4) is 5.75 Å². The first-order valence-corrected chi connectivity index (χ1v) is 13.2. The lowest BCUT2D eigenvalue weighted by atomic mass is 9.86. The second-order valence-electron chi connectivity index (χ2n) is 9.55. The van der Waals surface area contributed by atoms with Gasteiger partial charge in [0.15, 0.2) is 12.2 Å². The molecule has 12 nitrogen and oxygen atoms in total. The van der Waals surface area contributed by atoms with Crippen molar-refractivity contribution >= 4 is 41.4 Å². The third-order valence-corrected chi connectivity index (χ3v) is 6.46. The zero-order chi connectivity index (χ0) is 31.2. The Morgan fingerprint density at radius 3 is 1.95 bits per heavy atom. The number of halogens is 1. The summed E-state index contributed by atoms with van der Waals surface area (Å²) in [7, 11) is 0. The predicted molar refractivity (Wildman–Crippen MR) is 144 cm³/mol. The normalized spacial score (nSPS) is 23.3. The highest BCUT2D eigenvalue weighted by Gasteiger charge is 2.60. The Bertz CT molecular complexity index is 1340. The molecule has 1 N–H and O–H groups in total. The SMILES string of the molecule is CC(=O)OC[C@H]1O[C@@](O)(c2ccc(Cl)c(Cc3ccc(OC(C)=O)cc3)c2)[C@H](OC(C)=O)[C@@H](OC(C)=O)[C@@H]1OC(C)=O. The van der Waals surface area contributed by atoms with E-state index >= 15 is 0 Å². The maximum atomic E-state index is 12.2. The second kappa shape index (κ2) is 13.8. The smallest absolute Gasteiger partial charge is 0.308 e. The number of hydrogen-bond donors (Lipinski definition) is 1. The van der Waals surface area contributed by atoms with E-state index in [1.807, 2.05) is 0 Å². The molecule has 3 rings (SSSR count). The summed E-state index contributed by atoms with van der Waals surface area (Å²) < 4.78 is 32.3. The fourth-order valence-electron chi connectivity index (χ4n) is 4.51. The maximum Gasteiger partial charge on any atom is 0.308 e. The van der Waals surface area contributed by atoms with E-state index in [9.17, 15) is 29.1 Å². The van der Waals surface area contributed by atoms with Crippen molar-refractivity contribution in [3.05, 3.63) is 64.2 Å². The minimum Gasteiger partial charge on any atom is -0.463 e. The molecule has 0 unspecified atom stereocenters. The summed E-state index contributed by atoms with van der Waals surface area (Å²) in [6, 6.07) is 11.1.